The van der Waals surface area contributed by atoms with Crippen molar-refractivity contribution in [1.29, 1.82) is 0 Å². The van der Waals surface area contributed by atoms with E-state index in [4.69, 9.17) is 5.11 Å². The Kier molecular flexibility index (Phi) is 6.03. The highest BCUT2D eigenvalue weighted by Crippen LogP contribution is 2.16. The monoisotopic (exact) mass is 278 g/mol. The SMILES string of the molecule is Cc1ccc(C)c(NC(=O)NCC(C)CCC(=O)O)c1. The molecule has 1 atom stereocenters. The second-order valence-electron chi connectivity index (χ2n) is 5.19. The molecule has 0 bridgehead atoms. The number of hydrogen-bond donors (Lipinski definition) is 3. The van der Waals surface area contributed by atoms with Crippen molar-refractivity contribution in [3.63, 3.8) is 0 Å². The molecule has 0 aliphatic rings. The molecule has 0 aromatic heterocycles. The zero-order valence-corrected chi connectivity index (χ0v) is 12.2. The largest absolute Gasteiger partial charge is 0.481 e. The molecule has 5 nitrogen and oxygen atoms in total. The summed E-state index contributed by atoms with van der Waals surface area (Å²) < 4.78 is 0. The van der Waals surface area contributed by atoms with Gasteiger partial charge in [-0.15, -0.1) is 0 Å². The summed E-state index contributed by atoms with van der Waals surface area (Å²) in [5.74, 6) is -0.674. The lowest BCUT2D eigenvalue weighted by Crippen LogP contribution is -2.32. The lowest BCUT2D eigenvalue weighted by atomic mass is 10.1. The Morgan fingerprint density at radius 2 is 2.00 bits per heavy atom. The van der Waals surface area contributed by atoms with Crippen molar-refractivity contribution in [2.75, 3.05) is 11.9 Å². The number of nitrogens with one attached hydrogen (secondary N) is 2. The lowest BCUT2D eigenvalue weighted by Gasteiger charge is -2.13. The molecule has 110 valence electrons. The predicted molar refractivity (Wildman–Crippen MR) is 79.0 cm³/mol. The number of urea groups is 1. The summed E-state index contributed by atoms with van der Waals surface area (Å²) in [7, 11) is 0. The molecule has 1 aromatic carbocycles. The Hall–Kier alpha value is -2.04. The average Bonchev–Trinajstić information content (AvgIpc) is 2.38. The predicted octanol–water partition coefficient (Wildman–Crippen LogP) is 2.93. The van der Waals surface area contributed by atoms with Crippen molar-refractivity contribution in [2.24, 2.45) is 5.92 Å². The lowest BCUT2D eigenvalue weighted by molar-refractivity contribution is -0.137. The van der Waals surface area contributed by atoms with E-state index in [1.807, 2.05) is 39.0 Å². The molecule has 3 N–H and O–H groups in total. The van der Waals surface area contributed by atoms with Crippen LogP contribution in [0.1, 0.15) is 30.9 Å². The van der Waals surface area contributed by atoms with Gasteiger partial charge in [-0.3, -0.25) is 4.79 Å². The first-order chi connectivity index (χ1) is 9.38. The highest BCUT2D eigenvalue weighted by molar-refractivity contribution is 5.90. The number of aliphatic carboxylic acids is 1. The molecule has 0 fully saturated rings. The second kappa shape index (κ2) is 7.53. The molecule has 1 rings (SSSR count). The van der Waals surface area contributed by atoms with Crippen LogP contribution in [-0.2, 0) is 4.79 Å². The Bertz CT molecular complexity index is 486. The maximum atomic E-state index is 11.8. The summed E-state index contributed by atoms with van der Waals surface area (Å²) in [5, 5.41) is 14.2. The molecule has 0 saturated carbocycles. The molecule has 1 aromatic rings. The van der Waals surface area contributed by atoms with E-state index in [2.05, 4.69) is 10.6 Å². The smallest absolute Gasteiger partial charge is 0.319 e. The first-order valence-corrected chi connectivity index (χ1v) is 6.72. The molecular weight excluding hydrogens is 256 g/mol. The molecule has 0 heterocycles. The van der Waals surface area contributed by atoms with Crippen LogP contribution in [0.4, 0.5) is 10.5 Å². The summed E-state index contributed by atoms with van der Waals surface area (Å²) in [6, 6.07) is 5.61. The molecule has 20 heavy (non-hydrogen) atoms. The van der Waals surface area contributed by atoms with E-state index in [9.17, 15) is 9.59 Å². The molecule has 0 aliphatic heterocycles. The molecule has 0 radical (unpaired) electrons. The highest BCUT2D eigenvalue weighted by atomic mass is 16.4. The average molecular weight is 278 g/mol. The zero-order chi connectivity index (χ0) is 15.1. The van der Waals surface area contributed by atoms with Crippen LogP contribution in [0.3, 0.4) is 0 Å². The summed E-state index contributed by atoms with van der Waals surface area (Å²) in [5.41, 5.74) is 2.88. The number of benzene rings is 1. The van der Waals surface area contributed by atoms with Gasteiger partial charge in [0.2, 0.25) is 0 Å². The number of carboxylic acid groups (broad SMARTS) is 1. The molecular formula is C15H22N2O3. The van der Waals surface area contributed by atoms with Gasteiger partial charge in [0, 0.05) is 18.7 Å². The third-order valence-electron chi connectivity index (χ3n) is 3.10. The zero-order valence-electron chi connectivity index (χ0n) is 12.2. The summed E-state index contributed by atoms with van der Waals surface area (Å²) in [4.78, 5) is 22.2. The van der Waals surface area contributed by atoms with E-state index >= 15 is 0 Å². The quantitative estimate of drug-likeness (QED) is 0.748. The number of carbonyl (C=O) groups excluding carboxylic acids is 1. The molecule has 1 unspecified atom stereocenters. The number of carboxylic acids is 1. The van der Waals surface area contributed by atoms with Crippen molar-refractivity contribution in [3.8, 4) is 0 Å². The van der Waals surface area contributed by atoms with Crippen LogP contribution < -0.4 is 10.6 Å². The molecule has 2 amide bonds. The van der Waals surface area contributed by atoms with Crippen LogP contribution in [0, 0.1) is 19.8 Å². The van der Waals surface area contributed by atoms with Crippen LogP contribution >= 0.6 is 0 Å². The first-order valence-electron chi connectivity index (χ1n) is 6.72. The Balaban J connectivity index is 2.40. The van der Waals surface area contributed by atoms with Gasteiger partial charge in [0.25, 0.3) is 0 Å². The van der Waals surface area contributed by atoms with Gasteiger partial charge >= 0.3 is 12.0 Å². The molecule has 0 spiro atoms. The minimum atomic E-state index is -0.809. The van der Waals surface area contributed by atoms with Crippen molar-refractivity contribution >= 4 is 17.7 Å². The number of aryl methyl sites for hydroxylation is 2. The highest BCUT2D eigenvalue weighted by Gasteiger charge is 2.08. The Labute approximate surface area is 119 Å². The van der Waals surface area contributed by atoms with E-state index in [1.54, 1.807) is 0 Å². The Morgan fingerprint density at radius 3 is 2.65 bits per heavy atom. The topological polar surface area (TPSA) is 78.4 Å². The van der Waals surface area contributed by atoms with Crippen LogP contribution in [0.5, 0.6) is 0 Å². The van der Waals surface area contributed by atoms with E-state index in [0.29, 0.717) is 13.0 Å². The van der Waals surface area contributed by atoms with Crippen molar-refractivity contribution in [2.45, 2.75) is 33.6 Å². The Morgan fingerprint density at radius 1 is 1.30 bits per heavy atom. The van der Waals surface area contributed by atoms with Gasteiger partial charge in [0.1, 0.15) is 0 Å². The van der Waals surface area contributed by atoms with Gasteiger partial charge < -0.3 is 15.7 Å². The number of amides is 2. The summed E-state index contributed by atoms with van der Waals surface area (Å²) >= 11 is 0. The van der Waals surface area contributed by atoms with Gasteiger partial charge in [-0.05, 0) is 43.4 Å². The normalized spacial score (nSPS) is 11.8. The second-order valence-corrected chi connectivity index (χ2v) is 5.19. The maximum Gasteiger partial charge on any atom is 0.319 e. The van der Waals surface area contributed by atoms with Crippen LogP contribution in [-0.4, -0.2) is 23.7 Å². The van der Waals surface area contributed by atoms with Crippen LogP contribution in [0.25, 0.3) is 0 Å². The number of hydrogen-bond acceptors (Lipinski definition) is 2. The van der Waals surface area contributed by atoms with Crippen molar-refractivity contribution in [3.05, 3.63) is 29.3 Å². The summed E-state index contributed by atoms with van der Waals surface area (Å²) in [6.45, 7) is 6.28. The molecule has 0 saturated heterocycles. The third kappa shape index (κ3) is 5.73. The van der Waals surface area contributed by atoms with Crippen LogP contribution in [0.15, 0.2) is 18.2 Å². The number of carbonyl (C=O) groups is 2. The van der Waals surface area contributed by atoms with E-state index < -0.39 is 5.97 Å². The fourth-order valence-corrected chi connectivity index (χ4v) is 1.78. The first kappa shape index (κ1) is 16.0. The van der Waals surface area contributed by atoms with Gasteiger partial charge in [0.15, 0.2) is 0 Å². The maximum absolute atomic E-state index is 11.8. The minimum absolute atomic E-state index is 0.126. The molecule has 5 heteroatoms. The fourth-order valence-electron chi connectivity index (χ4n) is 1.78. The van der Waals surface area contributed by atoms with Crippen molar-refractivity contribution < 1.29 is 14.7 Å². The third-order valence-corrected chi connectivity index (χ3v) is 3.10. The van der Waals surface area contributed by atoms with E-state index in [1.165, 1.54) is 0 Å². The number of rotatable bonds is 6. The van der Waals surface area contributed by atoms with E-state index in [0.717, 1.165) is 16.8 Å². The van der Waals surface area contributed by atoms with Crippen molar-refractivity contribution in [1.82, 2.24) is 5.32 Å². The van der Waals surface area contributed by atoms with Gasteiger partial charge in [-0.25, -0.2) is 4.79 Å². The molecule has 0 aliphatic carbocycles. The van der Waals surface area contributed by atoms with Gasteiger partial charge in [-0.2, -0.15) is 0 Å². The summed E-state index contributed by atoms with van der Waals surface area (Å²) in [6.07, 6.45) is 0.681. The van der Waals surface area contributed by atoms with E-state index in [-0.39, 0.29) is 18.4 Å². The standard InChI is InChI=1S/C15H22N2O3/c1-10-4-6-12(3)13(8-10)17-15(20)16-9-11(2)5-7-14(18)19/h4,6,8,11H,5,7,9H2,1-3H3,(H,18,19)(H2,16,17,20). The van der Waals surface area contributed by atoms with Gasteiger partial charge in [-0.1, -0.05) is 19.1 Å². The fraction of sp³-hybridized carbons (Fsp3) is 0.467. The number of anilines is 1. The van der Waals surface area contributed by atoms with Gasteiger partial charge in [0.05, 0.1) is 0 Å². The van der Waals surface area contributed by atoms with Crippen LogP contribution in [0.2, 0.25) is 0 Å². The minimum Gasteiger partial charge on any atom is -0.481 e.